The van der Waals surface area contributed by atoms with Gasteiger partial charge < -0.3 is 10.6 Å². The molecule has 0 radical (unpaired) electrons. The molecule has 0 spiro atoms. The maximum atomic E-state index is 12.4. The lowest BCUT2D eigenvalue weighted by atomic mass is 9.96. The summed E-state index contributed by atoms with van der Waals surface area (Å²) in [5.74, 6) is 0.777. The minimum atomic E-state index is -3.16. The van der Waals surface area contributed by atoms with Gasteiger partial charge >= 0.3 is 0 Å². The summed E-state index contributed by atoms with van der Waals surface area (Å²) in [7, 11) is -1.53. The van der Waals surface area contributed by atoms with Gasteiger partial charge in [-0.1, -0.05) is 0 Å². The van der Waals surface area contributed by atoms with Gasteiger partial charge in [-0.25, -0.2) is 12.7 Å². The maximum absolute atomic E-state index is 12.4. The van der Waals surface area contributed by atoms with Crippen molar-refractivity contribution in [1.29, 1.82) is 0 Å². The van der Waals surface area contributed by atoms with Gasteiger partial charge in [0.15, 0.2) is 0 Å². The number of carbonyl (C=O) groups is 1. The molecule has 2 rings (SSSR count). The van der Waals surface area contributed by atoms with Gasteiger partial charge in [0.05, 0.1) is 5.75 Å². The Hall–Kier alpha value is -0.660. The van der Waals surface area contributed by atoms with Gasteiger partial charge in [-0.3, -0.25) is 4.79 Å². The first-order chi connectivity index (χ1) is 10.0. The van der Waals surface area contributed by atoms with Crippen LogP contribution in [-0.4, -0.2) is 57.6 Å². The van der Waals surface area contributed by atoms with Crippen LogP contribution in [0, 0.1) is 11.8 Å². The molecule has 0 aromatic heterocycles. The lowest BCUT2D eigenvalue weighted by Gasteiger charge is -2.31. The topological polar surface area (TPSA) is 78.5 Å². The molecule has 0 aliphatic carbocycles. The molecule has 0 aromatic rings. The van der Waals surface area contributed by atoms with Crippen LogP contribution in [0.15, 0.2) is 0 Å². The van der Waals surface area contributed by atoms with Crippen molar-refractivity contribution in [2.45, 2.75) is 32.1 Å². The number of carbonyl (C=O) groups excluding carboxylic acids is 1. The largest absolute Gasteiger partial charge is 0.359 e. The SMILES string of the molecule is CNC(=O)C1CCN(S(=O)(=O)CCC2CCNCC2)CC1. The normalized spacial score (nSPS) is 23.1. The van der Waals surface area contributed by atoms with E-state index in [1.54, 1.807) is 11.4 Å². The average Bonchev–Trinajstić information content (AvgIpc) is 2.53. The first-order valence-corrected chi connectivity index (χ1v) is 9.54. The van der Waals surface area contributed by atoms with Crippen molar-refractivity contribution in [2.75, 3.05) is 39.0 Å². The van der Waals surface area contributed by atoms with E-state index in [1.807, 2.05) is 0 Å². The fraction of sp³-hybridized carbons (Fsp3) is 0.929. The van der Waals surface area contributed by atoms with E-state index in [2.05, 4.69) is 10.6 Å². The van der Waals surface area contributed by atoms with Gasteiger partial charge in [0.25, 0.3) is 0 Å². The Kier molecular flexibility index (Phi) is 6.01. The Labute approximate surface area is 127 Å². The van der Waals surface area contributed by atoms with Crippen LogP contribution in [0.3, 0.4) is 0 Å². The third kappa shape index (κ3) is 4.66. The standard InChI is InChI=1S/C14H27N3O3S/c1-15-14(18)13-4-9-17(10-5-13)21(19,20)11-6-12-2-7-16-8-3-12/h12-13,16H,2-11H2,1H3,(H,15,18). The van der Waals surface area contributed by atoms with Gasteiger partial charge in [-0.15, -0.1) is 0 Å². The highest BCUT2D eigenvalue weighted by Crippen LogP contribution is 2.22. The van der Waals surface area contributed by atoms with E-state index in [-0.39, 0.29) is 17.6 Å². The minimum absolute atomic E-state index is 0.0294. The molecule has 7 heteroatoms. The summed E-state index contributed by atoms with van der Waals surface area (Å²) < 4.78 is 26.3. The average molecular weight is 317 g/mol. The molecular weight excluding hydrogens is 290 g/mol. The summed E-state index contributed by atoms with van der Waals surface area (Å²) in [5, 5.41) is 5.94. The van der Waals surface area contributed by atoms with Crippen LogP contribution < -0.4 is 10.6 Å². The Bertz CT molecular complexity index is 438. The van der Waals surface area contributed by atoms with Crippen LogP contribution in [0.1, 0.15) is 32.1 Å². The van der Waals surface area contributed by atoms with Crippen molar-refractivity contribution < 1.29 is 13.2 Å². The fourth-order valence-electron chi connectivity index (χ4n) is 3.22. The lowest BCUT2D eigenvalue weighted by Crippen LogP contribution is -2.43. The molecule has 0 saturated carbocycles. The smallest absolute Gasteiger partial charge is 0.222 e. The summed E-state index contributed by atoms with van der Waals surface area (Å²) in [5.41, 5.74) is 0. The lowest BCUT2D eigenvalue weighted by molar-refractivity contribution is -0.125. The number of piperidine rings is 2. The summed E-state index contributed by atoms with van der Waals surface area (Å²) >= 11 is 0. The Morgan fingerprint density at radius 2 is 1.81 bits per heavy atom. The van der Waals surface area contributed by atoms with Crippen molar-refractivity contribution >= 4 is 15.9 Å². The van der Waals surface area contributed by atoms with Crippen LogP contribution in [-0.2, 0) is 14.8 Å². The predicted molar refractivity (Wildman–Crippen MR) is 82.4 cm³/mol. The molecule has 21 heavy (non-hydrogen) atoms. The third-order valence-electron chi connectivity index (χ3n) is 4.71. The highest BCUT2D eigenvalue weighted by Gasteiger charge is 2.31. The molecule has 6 nitrogen and oxygen atoms in total. The second-order valence-corrected chi connectivity index (χ2v) is 8.17. The molecule has 2 heterocycles. The maximum Gasteiger partial charge on any atom is 0.222 e. The van der Waals surface area contributed by atoms with Crippen LogP contribution >= 0.6 is 0 Å². The third-order valence-corrected chi connectivity index (χ3v) is 6.61. The molecular formula is C14H27N3O3S. The Morgan fingerprint density at radius 3 is 2.38 bits per heavy atom. The molecule has 2 N–H and O–H groups in total. The number of rotatable bonds is 5. The van der Waals surface area contributed by atoms with Crippen LogP contribution in [0.25, 0.3) is 0 Å². The van der Waals surface area contributed by atoms with Crippen LogP contribution in [0.5, 0.6) is 0 Å². The number of hydrogen-bond acceptors (Lipinski definition) is 4. The van der Waals surface area contributed by atoms with Crippen LogP contribution in [0.4, 0.5) is 0 Å². The van der Waals surface area contributed by atoms with E-state index in [0.717, 1.165) is 32.4 Å². The van der Waals surface area contributed by atoms with E-state index < -0.39 is 10.0 Å². The summed E-state index contributed by atoms with van der Waals surface area (Å²) in [6, 6.07) is 0. The molecule has 0 bridgehead atoms. The zero-order valence-electron chi connectivity index (χ0n) is 12.8. The van der Waals surface area contributed by atoms with Crippen molar-refractivity contribution in [3.05, 3.63) is 0 Å². The van der Waals surface area contributed by atoms with Crippen LogP contribution in [0.2, 0.25) is 0 Å². The van der Waals surface area contributed by atoms with Crippen molar-refractivity contribution in [1.82, 2.24) is 14.9 Å². The van der Waals surface area contributed by atoms with E-state index in [4.69, 9.17) is 0 Å². The van der Waals surface area contributed by atoms with Crippen molar-refractivity contribution in [2.24, 2.45) is 11.8 Å². The predicted octanol–water partition coefficient (Wildman–Crippen LogP) is 0.164. The minimum Gasteiger partial charge on any atom is -0.359 e. The number of sulfonamides is 1. The Morgan fingerprint density at radius 1 is 1.19 bits per heavy atom. The Balaban J connectivity index is 1.79. The zero-order chi connectivity index (χ0) is 15.3. The van der Waals surface area contributed by atoms with Gasteiger partial charge in [0.1, 0.15) is 0 Å². The molecule has 1 amide bonds. The van der Waals surface area contributed by atoms with E-state index in [9.17, 15) is 13.2 Å². The molecule has 2 aliphatic heterocycles. The monoisotopic (exact) mass is 317 g/mol. The molecule has 0 unspecified atom stereocenters. The first kappa shape index (κ1) is 16.7. The van der Waals surface area contributed by atoms with E-state index in [0.29, 0.717) is 31.8 Å². The fourth-order valence-corrected chi connectivity index (χ4v) is 4.87. The summed E-state index contributed by atoms with van der Waals surface area (Å²) in [6.45, 7) is 2.96. The number of nitrogens with zero attached hydrogens (tertiary/aromatic N) is 1. The van der Waals surface area contributed by atoms with Gasteiger partial charge in [0.2, 0.25) is 15.9 Å². The number of nitrogens with one attached hydrogen (secondary N) is 2. The van der Waals surface area contributed by atoms with E-state index in [1.165, 1.54) is 0 Å². The van der Waals surface area contributed by atoms with Crippen molar-refractivity contribution in [3.63, 3.8) is 0 Å². The molecule has 2 fully saturated rings. The zero-order valence-corrected chi connectivity index (χ0v) is 13.6. The first-order valence-electron chi connectivity index (χ1n) is 7.93. The molecule has 0 aromatic carbocycles. The number of hydrogen-bond donors (Lipinski definition) is 2. The van der Waals surface area contributed by atoms with Gasteiger partial charge in [0, 0.05) is 26.1 Å². The molecule has 0 atom stereocenters. The second-order valence-electron chi connectivity index (χ2n) is 6.09. The summed E-state index contributed by atoms with van der Waals surface area (Å²) in [6.07, 6.45) is 4.18. The molecule has 122 valence electrons. The van der Waals surface area contributed by atoms with Gasteiger partial charge in [-0.05, 0) is 51.1 Å². The second kappa shape index (κ2) is 7.56. The highest BCUT2D eigenvalue weighted by atomic mass is 32.2. The highest BCUT2D eigenvalue weighted by molar-refractivity contribution is 7.89. The quantitative estimate of drug-likeness (QED) is 0.757. The van der Waals surface area contributed by atoms with E-state index >= 15 is 0 Å². The molecule has 2 saturated heterocycles. The van der Waals surface area contributed by atoms with Gasteiger partial charge in [-0.2, -0.15) is 0 Å². The molecule has 2 aliphatic rings. The summed E-state index contributed by atoms with van der Waals surface area (Å²) in [4.78, 5) is 11.6. The number of amides is 1. The van der Waals surface area contributed by atoms with Crippen molar-refractivity contribution in [3.8, 4) is 0 Å².